The number of nitrogens with one attached hydrogen (secondary N) is 2. The lowest BCUT2D eigenvalue weighted by molar-refractivity contribution is -0.138. The summed E-state index contributed by atoms with van der Waals surface area (Å²) in [6, 6.07) is 11.9. The highest BCUT2D eigenvalue weighted by atomic mass is 16.4. The summed E-state index contributed by atoms with van der Waals surface area (Å²) in [6.45, 7) is 14.8. The Balaban J connectivity index is 1.19. The van der Waals surface area contributed by atoms with Crippen molar-refractivity contribution >= 4 is 23.4 Å². The van der Waals surface area contributed by atoms with E-state index in [1.165, 1.54) is 5.56 Å². The second-order valence-electron chi connectivity index (χ2n) is 14.7. The molecule has 0 radical (unpaired) electrons. The highest BCUT2D eigenvalue weighted by Crippen LogP contribution is 2.41. The van der Waals surface area contributed by atoms with Crippen LogP contribution in [0, 0.1) is 16.7 Å². The average Bonchev–Trinajstić information content (AvgIpc) is 2.95. The third kappa shape index (κ3) is 8.49. The van der Waals surface area contributed by atoms with Crippen LogP contribution in [-0.2, 0) is 22.4 Å². The van der Waals surface area contributed by atoms with E-state index in [-0.39, 0.29) is 29.1 Å². The number of nitrogens with zero attached hydrogens (tertiary/aromatic N) is 3. The van der Waals surface area contributed by atoms with Crippen LogP contribution in [-0.4, -0.2) is 66.1 Å². The highest BCUT2D eigenvalue weighted by Gasteiger charge is 2.37. The van der Waals surface area contributed by atoms with Gasteiger partial charge in [-0.2, -0.15) is 0 Å². The number of amides is 1. The Morgan fingerprint density at radius 3 is 2.67 bits per heavy atom. The standard InChI is InChI=1S/C35H51N5O3/c1-34(2)22-35(3,4)24-40(23-34)29-13-5-9-26(19-29)30(20-31(41)42)38-33(43)27-11-7-17-39(21-27)18-8-12-28-15-14-25-10-6-16-36-32(25)37-28/h5,9,13-15,19,27,30H,6-8,10-12,16-18,20-24H2,1-4H3,(H,36,37)(H,38,43)(H,41,42)/t27-,30+/m1/s1. The normalized spacial score (nSPS) is 22.2. The highest BCUT2D eigenvalue weighted by molar-refractivity contribution is 5.80. The van der Waals surface area contributed by atoms with Crippen LogP contribution in [0.2, 0.25) is 0 Å². The molecule has 234 valence electrons. The number of benzene rings is 1. The van der Waals surface area contributed by atoms with E-state index in [0.717, 1.165) is 100 Å². The molecule has 0 aliphatic carbocycles. The van der Waals surface area contributed by atoms with Crippen LogP contribution < -0.4 is 15.5 Å². The van der Waals surface area contributed by atoms with Gasteiger partial charge in [-0.3, -0.25) is 9.59 Å². The van der Waals surface area contributed by atoms with Gasteiger partial charge in [0.2, 0.25) is 5.91 Å². The number of rotatable bonds is 10. The van der Waals surface area contributed by atoms with Gasteiger partial charge < -0.3 is 25.5 Å². The molecule has 2 saturated heterocycles. The Hall–Kier alpha value is -3.13. The number of aryl methyl sites for hydroxylation is 2. The number of aromatic nitrogens is 1. The van der Waals surface area contributed by atoms with Crippen molar-refractivity contribution in [2.75, 3.05) is 49.5 Å². The molecule has 1 aromatic carbocycles. The molecule has 2 aromatic rings. The quantitative estimate of drug-likeness (QED) is 0.328. The maximum atomic E-state index is 13.5. The SMILES string of the molecule is CC1(C)CN(c2cccc([C@H](CC(=O)O)NC(=O)[C@@H]3CCCN(CCCc4ccc5c(n4)NCCC5)C3)c2)CC(C)(C)C1. The first kappa shape index (κ1) is 31.3. The number of carboxylic acid groups (broad SMARTS) is 1. The molecule has 0 unspecified atom stereocenters. The van der Waals surface area contributed by atoms with Gasteiger partial charge in [0, 0.05) is 37.6 Å². The van der Waals surface area contributed by atoms with Crippen molar-refractivity contribution in [2.45, 2.75) is 85.1 Å². The van der Waals surface area contributed by atoms with Gasteiger partial charge in [0.1, 0.15) is 5.82 Å². The second-order valence-corrected chi connectivity index (χ2v) is 14.7. The smallest absolute Gasteiger partial charge is 0.305 e. The number of carbonyl (C=O) groups is 2. The molecule has 1 aromatic heterocycles. The number of aliphatic carboxylic acids is 1. The molecule has 2 fully saturated rings. The molecule has 5 rings (SSSR count). The summed E-state index contributed by atoms with van der Waals surface area (Å²) >= 11 is 0. The average molecular weight is 590 g/mol. The summed E-state index contributed by atoms with van der Waals surface area (Å²) < 4.78 is 0. The summed E-state index contributed by atoms with van der Waals surface area (Å²) in [6.07, 6.45) is 7.01. The third-order valence-corrected chi connectivity index (χ3v) is 9.26. The van der Waals surface area contributed by atoms with Crippen LogP contribution in [0.5, 0.6) is 0 Å². The molecular weight excluding hydrogens is 538 g/mol. The Bertz CT molecular complexity index is 1280. The van der Waals surface area contributed by atoms with Gasteiger partial charge in [-0.05, 0) is 98.2 Å². The van der Waals surface area contributed by atoms with Crippen LogP contribution in [0.1, 0.15) is 89.1 Å². The van der Waals surface area contributed by atoms with E-state index in [9.17, 15) is 14.7 Å². The van der Waals surface area contributed by atoms with E-state index >= 15 is 0 Å². The Morgan fingerprint density at radius 2 is 1.91 bits per heavy atom. The number of hydrogen-bond donors (Lipinski definition) is 3. The lowest BCUT2D eigenvalue weighted by atomic mass is 9.71. The van der Waals surface area contributed by atoms with Crippen LogP contribution in [0.25, 0.3) is 0 Å². The molecule has 8 nitrogen and oxygen atoms in total. The third-order valence-electron chi connectivity index (χ3n) is 9.26. The van der Waals surface area contributed by atoms with Crippen molar-refractivity contribution < 1.29 is 14.7 Å². The number of anilines is 2. The molecular formula is C35H51N5O3. The molecule has 0 saturated carbocycles. The van der Waals surface area contributed by atoms with Crippen molar-refractivity contribution in [1.29, 1.82) is 0 Å². The first-order valence-electron chi connectivity index (χ1n) is 16.3. The number of piperidine rings is 2. The largest absolute Gasteiger partial charge is 0.481 e. The molecule has 4 heterocycles. The number of likely N-dealkylation sites (tertiary alicyclic amines) is 1. The number of fused-ring (bicyclic) bond motifs is 1. The zero-order valence-electron chi connectivity index (χ0n) is 26.6. The lowest BCUT2D eigenvalue weighted by Crippen LogP contribution is -2.48. The predicted molar refractivity (Wildman–Crippen MR) is 173 cm³/mol. The molecule has 3 N–H and O–H groups in total. The molecule has 0 spiro atoms. The molecule has 3 aliphatic rings. The predicted octanol–water partition coefficient (Wildman–Crippen LogP) is 5.68. The molecule has 43 heavy (non-hydrogen) atoms. The van der Waals surface area contributed by atoms with Crippen molar-refractivity contribution in [1.82, 2.24) is 15.2 Å². The Kier molecular flexibility index (Phi) is 9.64. The molecule has 0 bridgehead atoms. The summed E-state index contributed by atoms with van der Waals surface area (Å²) in [4.78, 5) is 35.1. The monoisotopic (exact) mass is 589 g/mol. The van der Waals surface area contributed by atoms with Crippen LogP contribution >= 0.6 is 0 Å². The van der Waals surface area contributed by atoms with Gasteiger partial charge in [0.05, 0.1) is 18.4 Å². The number of carbonyl (C=O) groups excluding carboxylic acids is 1. The Labute approximate surface area is 257 Å². The van der Waals surface area contributed by atoms with Gasteiger partial charge in [0.15, 0.2) is 0 Å². The molecule has 1 amide bonds. The van der Waals surface area contributed by atoms with E-state index in [0.29, 0.717) is 6.54 Å². The summed E-state index contributed by atoms with van der Waals surface area (Å²) in [7, 11) is 0. The van der Waals surface area contributed by atoms with Crippen molar-refractivity contribution in [3.8, 4) is 0 Å². The van der Waals surface area contributed by atoms with E-state index in [2.05, 4.69) is 72.4 Å². The minimum absolute atomic E-state index is 0.0379. The van der Waals surface area contributed by atoms with Crippen LogP contribution in [0.15, 0.2) is 36.4 Å². The van der Waals surface area contributed by atoms with E-state index < -0.39 is 12.0 Å². The zero-order chi connectivity index (χ0) is 30.6. The van der Waals surface area contributed by atoms with Crippen LogP contribution in [0.4, 0.5) is 11.5 Å². The van der Waals surface area contributed by atoms with Gasteiger partial charge in [-0.15, -0.1) is 0 Å². The number of pyridine rings is 1. The lowest BCUT2D eigenvalue weighted by Gasteiger charge is -2.48. The van der Waals surface area contributed by atoms with Crippen LogP contribution in [0.3, 0.4) is 0 Å². The fourth-order valence-corrected chi connectivity index (χ4v) is 7.80. The van der Waals surface area contributed by atoms with Crippen molar-refractivity contribution in [2.24, 2.45) is 16.7 Å². The fourth-order valence-electron chi connectivity index (χ4n) is 7.80. The Morgan fingerprint density at radius 1 is 1.12 bits per heavy atom. The topological polar surface area (TPSA) is 97.8 Å². The van der Waals surface area contributed by atoms with Gasteiger partial charge in [-0.25, -0.2) is 4.98 Å². The van der Waals surface area contributed by atoms with Crippen molar-refractivity contribution in [3.63, 3.8) is 0 Å². The summed E-state index contributed by atoms with van der Waals surface area (Å²) in [5.74, 6) is -0.0391. The zero-order valence-corrected chi connectivity index (χ0v) is 26.6. The summed E-state index contributed by atoms with van der Waals surface area (Å²) in [5.41, 5.74) is 4.76. The minimum Gasteiger partial charge on any atom is -0.481 e. The van der Waals surface area contributed by atoms with E-state index in [1.54, 1.807) is 0 Å². The van der Waals surface area contributed by atoms with Gasteiger partial charge >= 0.3 is 5.97 Å². The van der Waals surface area contributed by atoms with Gasteiger partial charge in [-0.1, -0.05) is 45.9 Å². The fraction of sp³-hybridized carbons (Fsp3) is 0.629. The maximum absolute atomic E-state index is 13.5. The number of carboxylic acids is 1. The van der Waals surface area contributed by atoms with E-state index in [1.807, 2.05) is 12.1 Å². The van der Waals surface area contributed by atoms with Crippen molar-refractivity contribution in [3.05, 3.63) is 53.2 Å². The summed E-state index contributed by atoms with van der Waals surface area (Å²) in [5, 5.41) is 16.3. The maximum Gasteiger partial charge on any atom is 0.305 e. The van der Waals surface area contributed by atoms with Gasteiger partial charge in [0.25, 0.3) is 0 Å². The first-order chi connectivity index (χ1) is 20.5. The second kappa shape index (κ2) is 13.2. The molecule has 3 aliphatic heterocycles. The first-order valence-corrected chi connectivity index (χ1v) is 16.3. The molecule has 8 heteroatoms. The van der Waals surface area contributed by atoms with E-state index in [4.69, 9.17) is 4.98 Å². The molecule has 2 atom stereocenters. The minimum atomic E-state index is -0.910. The number of hydrogen-bond acceptors (Lipinski definition) is 6.